The van der Waals surface area contributed by atoms with Gasteiger partial charge in [0.2, 0.25) is 0 Å². The van der Waals surface area contributed by atoms with Crippen LogP contribution in [-0.2, 0) is 6.42 Å². The van der Waals surface area contributed by atoms with Crippen molar-refractivity contribution in [2.24, 2.45) is 0 Å². The fourth-order valence-corrected chi connectivity index (χ4v) is 1.69. The molecule has 1 heterocycles. The van der Waals surface area contributed by atoms with Gasteiger partial charge in [-0.2, -0.15) is 0 Å². The van der Waals surface area contributed by atoms with Crippen LogP contribution in [0.5, 0.6) is 0 Å². The van der Waals surface area contributed by atoms with E-state index < -0.39 is 11.8 Å². The number of aromatic carboxylic acids is 1. The minimum atomic E-state index is -1.29. The smallest absolute Gasteiger partial charge is 0.339 e. The summed E-state index contributed by atoms with van der Waals surface area (Å²) in [4.78, 5) is 14.4. The van der Waals surface area contributed by atoms with Crippen LogP contribution in [0.4, 0.5) is 4.39 Å². The Morgan fingerprint density at radius 2 is 2.38 bits per heavy atom. The molecule has 1 N–H and O–H groups in total. The van der Waals surface area contributed by atoms with Crippen molar-refractivity contribution < 1.29 is 14.3 Å². The van der Waals surface area contributed by atoms with Crippen LogP contribution in [0.25, 0.3) is 0 Å². The van der Waals surface area contributed by atoms with Crippen molar-refractivity contribution in [1.82, 2.24) is 4.98 Å². The molecule has 0 unspecified atom stereocenters. The first-order valence-corrected chi connectivity index (χ1v) is 4.43. The molecule has 0 saturated heterocycles. The lowest BCUT2D eigenvalue weighted by Crippen LogP contribution is -2.05. The van der Waals surface area contributed by atoms with Gasteiger partial charge in [-0.15, -0.1) is 0 Å². The maximum Gasteiger partial charge on any atom is 0.339 e. The van der Waals surface area contributed by atoms with Crippen molar-refractivity contribution in [3.8, 4) is 0 Å². The molecule has 0 spiro atoms. The van der Waals surface area contributed by atoms with Crippen molar-refractivity contribution in [3.05, 3.63) is 27.7 Å². The summed E-state index contributed by atoms with van der Waals surface area (Å²) in [5.41, 5.74) is 0.186. The molecule has 0 radical (unpaired) electrons. The number of aromatic nitrogens is 1. The number of carboxylic acid groups (broad SMARTS) is 1. The van der Waals surface area contributed by atoms with Gasteiger partial charge in [0.05, 0.1) is 16.4 Å². The highest BCUT2D eigenvalue weighted by Gasteiger charge is 2.17. The minimum absolute atomic E-state index is 0.225. The maximum absolute atomic E-state index is 12.9. The molecule has 0 saturated carbocycles. The second-order valence-corrected chi connectivity index (χ2v) is 3.19. The lowest BCUT2D eigenvalue weighted by Gasteiger charge is -2.04. The highest BCUT2D eigenvalue weighted by atomic mass is 79.9. The van der Waals surface area contributed by atoms with E-state index in [1.54, 1.807) is 0 Å². The average molecular weight is 248 g/mol. The molecule has 3 nitrogen and oxygen atoms in total. The molecule has 0 aromatic carbocycles. The Bertz CT molecular complexity index is 354. The number of nitrogens with zero attached hydrogens (tertiary/aromatic N) is 1. The van der Waals surface area contributed by atoms with E-state index in [2.05, 4.69) is 20.9 Å². The number of halogens is 2. The van der Waals surface area contributed by atoms with E-state index in [-0.39, 0.29) is 10.0 Å². The number of carbonyl (C=O) groups is 1. The Morgan fingerprint density at radius 1 is 1.77 bits per heavy atom. The molecule has 0 aliphatic rings. The molecule has 1 aromatic rings. The first kappa shape index (κ1) is 10.1. The summed E-state index contributed by atoms with van der Waals surface area (Å²) in [5.74, 6) is -2.11. The van der Waals surface area contributed by atoms with E-state index in [4.69, 9.17) is 5.11 Å². The molecule has 0 aliphatic heterocycles. The van der Waals surface area contributed by atoms with E-state index >= 15 is 0 Å². The third kappa shape index (κ3) is 1.85. The predicted molar refractivity (Wildman–Crippen MR) is 48.2 cm³/mol. The molecule has 1 aromatic heterocycles. The highest BCUT2D eigenvalue weighted by Crippen LogP contribution is 2.22. The van der Waals surface area contributed by atoms with Gasteiger partial charge in [0.15, 0.2) is 5.82 Å². The minimum Gasteiger partial charge on any atom is -0.478 e. The number of rotatable bonds is 2. The van der Waals surface area contributed by atoms with Crippen LogP contribution in [0, 0.1) is 5.82 Å². The van der Waals surface area contributed by atoms with Gasteiger partial charge in [-0.1, -0.05) is 6.92 Å². The third-order valence-corrected chi connectivity index (χ3v) is 2.45. The lowest BCUT2D eigenvalue weighted by molar-refractivity contribution is 0.0690. The summed E-state index contributed by atoms with van der Waals surface area (Å²) in [7, 11) is 0. The molecule has 0 fully saturated rings. The average Bonchev–Trinajstić information content (AvgIpc) is 2.04. The number of carboxylic acids is 1. The van der Waals surface area contributed by atoms with Crippen molar-refractivity contribution in [1.29, 1.82) is 0 Å². The number of aryl methyl sites for hydroxylation is 1. The largest absolute Gasteiger partial charge is 0.478 e. The van der Waals surface area contributed by atoms with Crippen molar-refractivity contribution in [2.45, 2.75) is 13.3 Å². The zero-order valence-electron chi connectivity index (χ0n) is 6.84. The standard InChI is InChI=1S/C8H7BrFNO2/c1-2-5-7(9)6(8(12)13)4(10)3-11-5/h3H,2H2,1H3,(H,12,13). The van der Waals surface area contributed by atoms with E-state index in [0.29, 0.717) is 12.1 Å². The summed E-state index contributed by atoms with van der Waals surface area (Å²) in [5, 5.41) is 8.67. The summed E-state index contributed by atoms with van der Waals surface area (Å²) < 4.78 is 13.2. The van der Waals surface area contributed by atoms with Gasteiger partial charge in [0, 0.05) is 0 Å². The Kier molecular flexibility index (Phi) is 2.98. The second kappa shape index (κ2) is 3.83. The highest BCUT2D eigenvalue weighted by molar-refractivity contribution is 9.10. The molecular weight excluding hydrogens is 241 g/mol. The van der Waals surface area contributed by atoms with Gasteiger partial charge in [-0.3, -0.25) is 4.98 Å². The lowest BCUT2D eigenvalue weighted by atomic mass is 10.2. The molecule has 0 aliphatic carbocycles. The zero-order chi connectivity index (χ0) is 10.0. The Labute approximate surface area is 82.7 Å². The molecular formula is C8H7BrFNO2. The summed E-state index contributed by atoms with van der Waals surface area (Å²) in [6.07, 6.45) is 1.48. The van der Waals surface area contributed by atoms with E-state index in [1.165, 1.54) is 0 Å². The van der Waals surface area contributed by atoms with Crippen LogP contribution in [0.15, 0.2) is 10.7 Å². The number of pyridine rings is 1. The van der Waals surface area contributed by atoms with Gasteiger partial charge in [0.25, 0.3) is 0 Å². The quantitative estimate of drug-likeness (QED) is 0.873. The normalized spacial score (nSPS) is 10.1. The Hall–Kier alpha value is -0.970. The molecule has 0 bridgehead atoms. The van der Waals surface area contributed by atoms with Crippen molar-refractivity contribution >= 4 is 21.9 Å². The summed E-state index contributed by atoms with van der Waals surface area (Å²) >= 11 is 3.01. The first-order chi connectivity index (χ1) is 6.07. The predicted octanol–water partition coefficient (Wildman–Crippen LogP) is 2.24. The Balaban J connectivity index is 3.38. The third-order valence-electron chi connectivity index (χ3n) is 1.59. The van der Waals surface area contributed by atoms with E-state index in [1.807, 2.05) is 6.92 Å². The van der Waals surface area contributed by atoms with Gasteiger partial charge in [-0.05, 0) is 22.4 Å². The van der Waals surface area contributed by atoms with Gasteiger partial charge < -0.3 is 5.11 Å². The molecule has 5 heteroatoms. The topological polar surface area (TPSA) is 50.2 Å². The molecule has 0 amide bonds. The van der Waals surface area contributed by atoms with Gasteiger partial charge >= 0.3 is 5.97 Å². The second-order valence-electron chi connectivity index (χ2n) is 2.40. The molecule has 70 valence electrons. The fourth-order valence-electron chi connectivity index (χ4n) is 0.947. The van der Waals surface area contributed by atoms with E-state index in [9.17, 15) is 9.18 Å². The van der Waals surface area contributed by atoms with Crippen LogP contribution in [-0.4, -0.2) is 16.1 Å². The molecule has 13 heavy (non-hydrogen) atoms. The van der Waals surface area contributed by atoms with Crippen LogP contribution in [0.2, 0.25) is 0 Å². The monoisotopic (exact) mass is 247 g/mol. The number of hydrogen-bond donors (Lipinski definition) is 1. The van der Waals surface area contributed by atoms with Crippen LogP contribution >= 0.6 is 15.9 Å². The Morgan fingerprint density at radius 3 is 2.85 bits per heavy atom. The summed E-state index contributed by atoms with van der Waals surface area (Å²) in [6.45, 7) is 1.82. The van der Waals surface area contributed by atoms with E-state index in [0.717, 1.165) is 6.20 Å². The maximum atomic E-state index is 12.9. The van der Waals surface area contributed by atoms with Gasteiger partial charge in [0.1, 0.15) is 5.56 Å². The zero-order valence-corrected chi connectivity index (χ0v) is 8.43. The van der Waals surface area contributed by atoms with Gasteiger partial charge in [-0.25, -0.2) is 9.18 Å². The fraction of sp³-hybridized carbons (Fsp3) is 0.250. The van der Waals surface area contributed by atoms with Crippen molar-refractivity contribution in [2.75, 3.05) is 0 Å². The van der Waals surface area contributed by atoms with Crippen LogP contribution in [0.3, 0.4) is 0 Å². The van der Waals surface area contributed by atoms with Crippen molar-refractivity contribution in [3.63, 3.8) is 0 Å². The SMILES string of the molecule is CCc1ncc(F)c(C(=O)O)c1Br. The molecule has 0 atom stereocenters. The molecule has 1 rings (SSSR count). The van der Waals surface area contributed by atoms with Crippen LogP contribution in [0.1, 0.15) is 23.0 Å². The van der Waals surface area contributed by atoms with Crippen LogP contribution < -0.4 is 0 Å². The number of hydrogen-bond acceptors (Lipinski definition) is 2. The first-order valence-electron chi connectivity index (χ1n) is 3.64. The summed E-state index contributed by atoms with van der Waals surface area (Å²) in [6, 6.07) is 0.